The van der Waals surface area contributed by atoms with Gasteiger partial charge in [-0.15, -0.1) is 0 Å². The van der Waals surface area contributed by atoms with Gasteiger partial charge >= 0.3 is 0 Å². The number of carbonyl (C=O) groups is 2. The Kier molecular flexibility index (Phi) is 8.16. The molecule has 3 aliphatic rings. The van der Waals surface area contributed by atoms with Crippen LogP contribution in [0.1, 0.15) is 60.6 Å². The van der Waals surface area contributed by atoms with Crippen molar-refractivity contribution in [1.29, 1.82) is 0 Å². The van der Waals surface area contributed by atoms with Crippen LogP contribution in [-0.4, -0.2) is 48.6 Å². The molecule has 6 rings (SSSR count). The van der Waals surface area contributed by atoms with Gasteiger partial charge in [-0.2, -0.15) is 0 Å². The molecule has 0 spiro atoms. The van der Waals surface area contributed by atoms with E-state index in [1.54, 1.807) is 18.2 Å². The van der Waals surface area contributed by atoms with Gasteiger partial charge in [-0.1, -0.05) is 48.5 Å². The summed E-state index contributed by atoms with van der Waals surface area (Å²) in [6.07, 6.45) is 8.98. The molecule has 4 N–H and O–H groups in total. The first-order valence-electron chi connectivity index (χ1n) is 14.7. The lowest BCUT2D eigenvalue weighted by Gasteiger charge is -2.27. The second-order valence-corrected chi connectivity index (χ2v) is 11.5. The normalized spacial score (nSPS) is 20.8. The Bertz CT molecular complexity index is 1400. The van der Waals surface area contributed by atoms with E-state index in [1.807, 2.05) is 48.5 Å². The Morgan fingerprint density at radius 2 is 1.78 bits per heavy atom. The van der Waals surface area contributed by atoms with Crippen LogP contribution in [0.2, 0.25) is 0 Å². The van der Waals surface area contributed by atoms with E-state index in [2.05, 4.69) is 27.7 Å². The number of nitrogen functional groups attached to an aromatic ring is 1. The van der Waals surface area contributed by atoms with Crippen LogP contribution in [0.25, 0.3) is 6.08 Å². The van der Waals surface area contributed by atoms with Crippen LogP contribution in [-0.2, 0) is 14.3 Å². The van der Waals surface area contributed by atoms with Gasteiger partial charge in [0, 0.05) is 24.4 Å². The first-order valence-corrected chi connectivity index (χ1v) is 14.7. The van der Waals surface area contributed by atoms with Crippen LogP contribution < -0.4 is 16.4 Å². The van der Waals surface area contributed by atoms with Gasteiger partial charge in [-0.3, -0.25) is 14.5 Å². The van der Waals surface area contributed by atoms with Crippen molar-refractivity contribution in [2.75, 3.05) is 36.1 Å². The molecule has 3 aromatic rings. The maximum atomic E-state index is 13.6. The SMILES string of the molecule is Nc1ccccc1NC(=O)C=Cc1ccc(C(CCCN2C[C@@H]3C[C@H]2CO3)C(=O)Nc2ccc(C3CC3)cc2)cc1. The molecule has 1 aliphatic carbocycles. The van der Waals surface area contributed by atoms with Gasteiger partial charge in [-0.05, 0) is 91.6 Å². The van der Waals surface area contributed by atoms with Crippen molar-refractivity contribution in [3.8, 4) is 0 Å². The zero-order chi connectivity index (χ0) is 28.2. The van der Waals surface area contributed by atoms with Crippen molar-refractivity contribution in [3.63, 3.8) is 0 Å². The highest BCUT2D eigenvalue weighted by Gasteiger charge is 2.38. The van der Waals surface area contributed by atoms with Gasteiger partial charge in [0.1, 0.15) is 0 Å². The van der Waals surface area contributed by atoms with Gasteiger partial charge in [0.25, 0.3) is 0 Å². The minimum Gasteiger partial charge on any atom is -0.397 e. The van der Waals surface area contributed by atoms with Crippen molar-refractivity contribution in [1.82, 2.24) is 4.90 Å². The summed E-state index contributed by atoms with van der Waals surface area (Å²) in [5, 5.41) is 5.97. The summed E-state index contributed by atoms with van der Waals surface area (Å²) >= 11 is 0. The van der Waals surface area contributed by atoms with E-state index in [0.29, 0.717) is 29.4 Å². The van der Waals surface area contributed by atoms with Crippen LogP contribution in [0, 0.1) is 0 Å². The third kappa shape index (κ3) is 6.87. The number of carbonyl (C=O) groups excluding carboxylic acids is 2. The highest BCUT2D eigenvalue weighted by atomic mass is 16.5. The largest absolute Gasteiger partial charge is 0.397 e. The third-order valence-electron chi connectivity index (χ3n) is 8.48. The fourth-order valence-electron chi connectivity index (χ4n) is 5.98. The lowest BCUT2D eigenvalue weighted by atomic mass is 9.92. The molecular weight excluding hydrogens is 512 g/mol. The molecule has 0 aromatic heterocycles. The van der Waals surface area contributed by atoms with Crippen molar-refractivity contribution in [2.24, 2.45) is 0 Å². The monoisotopic (exact) mass is 550 g/mol. The standard InChI is InChI=1S/C34H38N4O3/c35-31-5-1-2-6-32(31)37-33(39)18-9-23-7-10-26(11-8-23)30(4-3-19-38-21-29-20-28(38)22-41-29)34(40)36-27-16-14-25(15-17-27)24-12-13-24/h1-2,5-11,14-18,24,28-30H,3-4,12-13,19-22,35H2,(H,36,40)(H,37,39)/t28-,29-,30?/m0/s1. The highest BCUT2D eigenvalue weighted by Crippen LogP contribution is 2.40. The molecule has 3 aromatic carbocycles. The molecule has 2 amide bonds. The smallest absolute Gasteiger partial charge is 0.248 e. The van der Waals surface area contributed by atoms with Gasteiger partial charge in [-0.25, -0.2) is 0 Å². The second-order valence-electron chi connectivity index (χ2n) is 11.5. The van der Waals surface area contributed by atoms with Crippen LogP contribution in [0.5, 0.6) is 0 Å². The molecule has 3 fully saturated rings. The van der Waals surface area contributed by atoms with Gasteiger partial charge in [0.15, 0.2) is 0 Å². The summed E-state index contributed by atoms with van der Waals surface area (Å²) in [6.45, 7) is 2.81. The van der Waals surface area contributed by atoms with Crippen molar-refractivity contribution in [2.45, 2.75) is 56.1 Å². The number of fused-ring (bicyclic) bond motifs is 2. The molecule has 7 heteroatoms. The quantitative estimate of drug-likeness (QED) is 0.208. The predicted octanol–water partition coefficient (Wildman–Crippen LogP) is 5.77. The maximum Gasteiger partial charge on any atom is 0.248 e. The Hall–Kier alpha value is -3.94. The number of morpholine rings is 1. The number of nitrogens with one attached hydrogen (secondary N) is 2. The molecule has 0 radical (unpaired) electrons. The van der Waals surface area contributed by atoms with E-state index in [-0.39, 0.29) is 17.7 Å². The summed E-state index contributed by atoms with van der Waals surface area (Å²) in [6, 6.07) is 23.9. The zero-order valence-corrected chi connectivity index (χ0v) is 23.3. The molecule has 2 saturated heterocycles. The second kappa shape index (κ2) is 12.3. The third-order valence-corrected chi connectivity index (χ3v) is 8.48. The van der Waals surface area contributed by atoms with E-state index in [1.165, 1.54) is 24.5 Å². The topological polar surface area (TPSA) is 96.7 Å². The van der Waals surface area contributed by atoms with Crippen LogP contribution >= 0.6 is 0 Å². The maximum absolute atomic E-state index is 13.6. The van der Waals surface area contributed by atoms with E-state index in [0.717, 1.165) is 55.8 Å². The lowest BCUT2D eigenvalue weighted by Crippen LogP contribution is -2.37. The number of hydrogen-bond acceptors (Lipinski definition) is 5. The molecule has 2 bridgehead atoms. The summed E-state index contributed by atoms with van der Waals surface area (Å²) in [7, 11) is 0. The number of ether oxygens (including phenoxy) is 1. The number of nitrogens with two attached hydrogens (primary N) is 1. The van der Waals surface area contributed by atoms with Crippen LogP contribution in [0.4, 0.5) is 17.1 Å². The van der Waals surface area contributed by atoms with E-state index < -0.39 is 0 Å². The summed E-state index contributed by atoms with van der Waals surface area (Å²) in [4.78, 5) is 28.5. The van der Waals surface area contributed by atoms with Crippen LogP contribution in [0.15, 0.2) is 78.9 Å². The molecule has 2 aliphatic heterocycles. The summed E-state index contributed by atoms with van der Waals surface area (Å²) in [5.74, 6) is 0.182. The molecule has 212 valence electrons. The average molecular weight is 551 g/mol. The first-order chi connectivity index (χ1) is 20.0. The Morgan fingerprint density at radius 3 is 2.46 bits per heavy atom. The molecule has 7 nitrogen and oxygen atoms in total. The number of amides is 2. The summed E-state index contributed by atoms with van der Waals surface area (Å²) < 4.78 is 5.75. The Morgan fingerprint density at radius 1 is 1.00 bits per heavy atom. The molecular formula is C34H38N4O3. The number of benzene rings is 3. The molecule has 41 heavy (non-hydrogen) atoms. The van der Waals surface area contributed by atoms with E-state index in [4.69, 9.17) is 10.5 Å². The van der Waals surface area contributed by atoms with Gasteiger partial charge in [0.2, 0.25) is 11.8 Å². The Labute approximate surface area is 241 Å². The number of hydrogen-bond donors (Lipinski definition) is 3. The number of nitrogens with zero attached hydrogens (tertiary/aromatic N) is 1. The number of rotatable bonds is 11. The van der Waals surface area contributed by atoms with E-state index in [9.17, 15) is 9.59 Å². The first kappa shape index (κ1) is 27.2. The summed E-state index contributed by atoms with van der Waals surface area (Å²) in [5.41, 5.74) is 11.1. The fourth-order valence-corrected chi connectivity index (χ4v) is 5.98. The average Bonchev–Trinajstić information content (AvgIpc) is 3.62. The number of likely N-dealkylation sites (tertiary alicyclic amines) is 1. The predicted molar refractivity (Wildman–Crippen MR) is 164 cm³/mol. The fraction of sp³-hybridized carbons (Fsp3) is 0.353. The van der Waals surface area contributed by atoms with Crippen molar-refractivity contribution in [3.05, 3.63) is 95.6 Å². The minimum absolute atomic E-state index is 0.0126. The molecule has 1 unspecified atom stereocenters. The number of para-hydroxylation sites is 2. The highest BCUT2D eigenvalue weighted by molar-refractivity contribution is 6.03. The van der Waals surface area contributed by atoms with Gasteiger partial charge in [0.05, 0.1) is 30.0 Å². The minimum atomic E-state index is -0.267. The Balaban J connectivity index is 1.11. The molecule has 3 atom stereocenters. The van der Waals surface area contributed by atoms with Crippen molar-refractivity contribution >= 4 is 35.0 Å². The van der Waals surface area contributed by atoms with Crippen LogP contribution in [0.3, 0.4) is 0 Å². The van der Waals surface area contributed by atoms with Gasteiger partial charge < -0.3 is 21.1 Å². The lowest BCUT2D eigenvalue weighted by molar-refractivity contribution is -0.117. The van der Waals surface area contributed by atoms with Crippen molar-refractivity contribution < 1.29 is 14.3 Å². The van der Waals surface area contributed by atoms with E-state index >= 15 is 0 Å². The zero-order valence-electron chi connectivity index (χ0n) is 23.3. The number of anilines is 3. The molecule has 1 saturated carbocycles. The molecule has 2 heterocycles.